The van der Waals surface area contributed by atoms with E-state index in [1.165, 1.54) is 6.07 Å². The third-order valence-corrected chi connectivity index (χ3v) is 3.56. The molecular weight excluding hydrogens is 289 g/mol. The Kier molecular flexibility index (Phi) is 3.47. The summed E-state index contributed by atoms with van der Waals surface area (Å²) in [5, 5.41) is 0.775. The quantitative estimate of drug-likeness (QED) is 0.666. The lowest BCUT2D eigenvalue weighted by atomic mass is 10.1. The summed E-state index contributed by atoms with van der Waals surface area (Å²) in [7, 11) is 3.93. The van der Waals surface area contributed by atoms with E-state index in [0.29, 0.717) is 11.2 Å². The highest BCUT2D eigenvalue weighted by Crippen LogP contribution is 2.27. The molecule has 3 nitrogen and oxygen atoms in total. The maximum Gasteiger partial charge on any atom is 0.161 e. The minimum absolute atomic E-state index is 0.240. The number of anilines is 1. The van der Waals surface area contributed by atoms with E-state index in [4.69, 9.17) is 11.6 Å². The summed E-state index contributed by atoms with van der Waals surface area (Å²) in [6, 6.07) is 12.4. The molecule has 0 bridgehead atoms. The Morgan fingerprint density at radius 1 is 1.00 bits per heavy atom. The lowest BCUT2D eigenvalue weighted by Crippen LogP contribution is -2.08. The van der Waals surface area contributed by atoms with Gasteiger partial charge in [0.1, 0.15) is 16.5 Å². The van der Waals surface area contributed by atoms with Crippen molar-refractivity contribution < 1.29 is 4.39 Å². The number of rotatable bonds is 2. The Morgan fingerprint density at radius 2 is 1.71 bits per heavy atom. The lowest BCUT2D eigenvalue weighted by molar-refractivity contribution is 0.636. The molecule has 0 unspecified atom stereocenters. The molecule has 106 valence electrons. The number of aromatic nitrogens is 2. The molecule has 0 saturated heterocycles. The van der Waals surface area contributed by atoms with Gasteiger partial charge >= 0.3 is 0 Å². The highest BCUT2D eigenvalue weighted by Gasteiger charge is 2.11. The second kappa shape index (κ2) is 5.30. The largest absolute Gasteiger partial charge is 0.378 e. The van der Waals surface area contributed by atoms with Crippen LogP contribution in [0.2, 0.25) is 5.15 Å². The van der Waals surface area contributed by atoms with E-state index in [2.05, 4.69) is 9.97 Å². The van der Waals surface area contributed by atoms with Crippen molar-refractivity contribution in [1.82, 2.24) is 9.97 Å². The first-order valence-corrected chi connectivity index (χ1v) is 6.83. The molecule has 1 aromatic heterocycles. The van der Waals surface area contributed by atoms with Crippen LogP contribution in [-0.2, 0) is 0 Å². The third kappa shape index (κ3) is 2.54. The average molecular weight is 302 g/mol. The number of hydrogen-bond donors (Lipinski definition) is 0. The standard InChI is InChI=1S/C16H13ClFN3/c1-21(2)11-8-6-10(7-9-11)16-19-14-12(15(17)20-16)4-3-5-13(14)18/h3-9H,1-2H3. The van der Waals surface area contributed by atoms with E-state index in [1.54, 1.807) is 12.1 Å². The van der Waals surface area contributed by atoms with Gasteiger partial charge < -0.3 is 4.90 Å². The molecule has 0 saturated carbocycles. The van der Waals surface area contributed by atoms with E-state index in [-0.39, 0.29) is 10.7 Å². The zero-order chi connectivity index (χ0) is 15.0. The summed E-state index contributed by atoms with van der Waals surface area (Å²) in [5.41, 5.74) is 2.11. The zero-order valence-corrected chi connectivity index (χ0v) is 12.4. The minimum Gasteiger partial charge on any atom is -0.378 e. The van der Waals surface area contributed by atoms with Crippen LogP contribution in [-0.4, -0.2) is 24.1 Å². The Labute approximate surface area is 127 Å². The fourth-order valence-electron chi connectivity index (χ4n) is 2.12. The zero-order valence-electron chi connectivity index (χ0n) is 11.6. The van der Waals surface area contributed by atoms with Crippen LogP contribution in [0, 0.1) is 5.82 Å². The van der Waals surface area contributed by atoms with Crippen LogP contribution < -0.4 is 4.90 Å². The molecule has 3 aromatic rings. The first kappa shape index (κ1) is 13.8. The SMILES string of the molecule is CN(C)c1ccc(-c2nc(Cl)c3cccc(F)c3n2)cc1. The van der Waals surface area contributed by atoms with Gasteiger partial charge in [0.25, 0.3) is 0 Å². The van der Waals surface area contributed by atoms with E-state index in [1.807, 2.05) is 43.3 Å². The fourth-order valence-corrected chi connectivity index (χ4v) is 2.35. The molecule has 0 radical (unpaired) electrons. The monoisotopic (exact) mass is 301 g/mol. The fraction of sp³-hybridized carbons (Fsp3) is 0.125. The molecule has 0 spiro atoms. The molecule has 5 heteroatoms. The topological polar surface area (TPSA) is 29.0 Å². The van der Waals surface area contributed by atoms with Crippen LogP contribution >= 0.6 is 11.6 Å². The van der Waals surface area contributed by atoms with Gasteiger partial charge in [0.15, 0.2) is 5.82 Å². The van der Waals surface area contributed by atoms with Crippen molar-refractivity contribution in [1.29, 1.82) is 0 Å². The molecule has 0 fully saturated rings. The highest BCUT2D eigenvalue weighted by atomic mass is 35.5. The first-order valence-electron chi connectivity index (χ1n) is 6.46. The van der Waals surface area contributed by atoms with Crippen molar-refractivity contribution in [2.45, 2.75) is 0 Å². The Morgan fingerprint density at radius 3 is 2.38 bits per heavy atom. The maximum atomic E-state index is 13.9. The second-order valence-corrected chi connectivity index (χ2v) is 5.27. The van der Waals surface area contributed by atoms with Gasteiger partial charge in [0, 0.05) is 30.7 Å². The Hall–Kier alpha value is -2.20. The van der Waals surface area contributed by atoms with Gasteiger partial charge in [-0.2, -0.15) is 0 Å². The van der Waals surface area contributed by atoms with Gasteiger partial charge in [-0.3, -0.25) is 0 Å². The molecule has 0 aliphatic heterocycles. The first-order chi connectivity index (χ1) is 10.1. The molecule has 0 N–H and O–H groups in total. The summed E-state index contributed by atoms with van der Waals surface area (Å²) in [4.78, 5) is 10.6. The molecule has 0 amide bonds. The van der Waals surface area contributed by atoms with Crippen molar-refractivity contribution in [2.24, 2.45) is 0 Å². The minimum atomic E-state index is -0.400. The smallest absolute Gasteiger partial charge is 0.161 e. The van der Waals surface area contributed by atoms with Crippen LogP contribution in [0.15, 0.2) is 42.5 Å². The van der Waals surface area contributed by atoms with Gasteiger partial charge in [-0.05, 0) is 36.4 Å². The molecule has 1 heterocycles. The highest BCUT2D eigenvalue weighted by molar-refractivity contribution is 6.34. The van der Waals surface area contributed by atoms with Crippen LogP contribution in [0.1, 0.15) is 0 Å². The van der Waals surface area contributed by atoms with Crippen molar-refractivity contribution in [2.75, 3.05) is 19.0 Å². The summed E-state index contributed by atoms with van der Waals surface area (Å²) < 4.78 is 13.9. The van der Waals surface area contributed by atoms with E-state index in [0.717, 1.165) is 11.3 Å². The van der Waals surface area contributed by atoms with Gasteiger partial charge in [-0.1, -0.05) is 17.7 Å². The summed E-state index contributed by atoms with van der Waals surface area (Å²) >= 11 is 6.14. The number of hydrogen-bond acceptors (Lipinski definition) is 3. The van der Waals surface area contributed by atoms with Gasteiger partial charge in [0.2, 0.25) is 0 Å². The van der Waals surface area contributed by atoms with Crippen molar-refractivity contribution in [3.05, 3.63) is 53.4 Å². The Balaban J connectivity index is 2.14. The van der Waals surface area contributed by atoms with Gasteiger partial charge in [-0.25, -0.2) is 14.4 Å². The molecule has 21 heavy (non-hydrogen) atoms. The summed E-state index contributed by atoms with van der Waals surface area (Å²) in [6.07, 6.45) is 0. The van der Waals surface area contributed by atoms with Gasteiger partial charge in [0.05, 0.1) is 0 Å². The summed E-state index contributed by atoms with van der Waals surface area (Å²) in [5.74, 6) is 0.0193. The van der Waals surface area contributed by atoms with Crippen LogP contribution in [0.3, 0.4) is 0 Å². The van der Waals surface area contributed by atoms with Crippen molar-refractivity contribution in [3.8, 4) is 11.4 Å². The maximum absolute atomic E-state index is 13.9. The molecular formula is C16H13ClFN3. The van der Waals surface area contributed by atoms with Crippen molar-refractivity contribution in [3.63, 3.8) is 0 Å². The average Bonchev–Trinajstić information content (AvgIpc) is 2.48. The number of para-hydroxylation sites is 1. The Bertz CT molecular complexity index is 800. The molecule has 3 rings (SSSR count). The van der Waals surface area contributed by atoms with Crippen LogP contribution in [0.5, 0.6) is 0 Å². The van der Waals surface area contributed by atoms with Crippen LogP contribution in [0.25, 0.3) is 22.3 Å². The second-order valence-electron chi connectivity index (χ2n) is 4.92. The molecule has 0 aliphatic carbocycles. The van der Waals surface area contributed by atoms with E-state index >= 15 is 0 Å². The van der Waals surface area contributed by atoms with E-state index < -0.39 is 5.82 Å². The predicted octanol–water partition coefficient (Wildman–Crippen LogP) is 4.16. The predicted molar refractivity (Wildman–Crippen MR) is 84.3 cm³/mol. The molecule has 0 atom stereocenters. The normalized spacial score (nSPS) is 10.9. The molecule has 2 aromatic carbocycles. The van der Waals surface area contributed by atoms with Gasteiger partial charge in [-0.15, -0.1) is 0 Å². The number of benzene rings is 2. The third-order valence-electron chi connectivity index (χ3n) is 3.27. The number of halogens is 2. The van der Waals surface area contributed by atoms with E-state index in [9.17, 15) is 4.39 Å². The number of nitrogens with zero attached hydrogens (tertiary/aromatic N) is 3. The van der Waals surface area contributed by atoms with Crippen molar-refractivity contribution >= 4 is 28.2 Å². The lowest BCUT2D eigenvalue weighted by Gasteiger charge is -2.12. The van der Waals surface area contributed by atoms with Crippen LogP contribution in [0.4, 0.5) is 10.1 Å². The molecule has 0 aliphatic rings. The summed E-state index contributed by atoms with van der Waals surface area (Å²) in [6.45, 7) is 0. The number of fused-ring (bicyclic) bond motifs is 1.